The number of amides is 1. The van der Waals surface area contributed by atoms with Crippen LogP contribution in [0, 0.1) is 5.82 Å². The predicted molar refractivity (Wildman–Crippen MR) is 77.1 cm³/mol. The fourth-order valence-corrected chi connectivity index (χ4v) is 1.96. The summed E-state index contributed by atoms with van der Waals surface area (Å²) in [6.07, 6.45) is 2.30. The quantitative estimate of drug-likeness (QED) is 0.622. The van der Waals surface area contributed by atoms with Gasteiger partial charge >= 0.3 is 0 Å². The zero-order valence-corrected chi connectivity index (χ0v) is 12.1. The summed E-state index contributed by atoms with van der Waals surface area (Å²) < 4.78 is 13.6. The number of carbonyl (C=O) groups excluding carboxylic acids is 1. The van der Waals surface area contributed by atoms with Gasteiger partial charge in [-0.25, -0.2) is 4.39 Å². The second-order valence-corrected chi connectivity index (χ2v) is 5.18. The Bertz CT molecular complexity index is 454. The monoisotopic (exact) mass is 332 g/mol. The van der Waals surface area contributed by atoms with E-state index in [9.17, 15) is 9.18 Å². The van der Waals surface area contributed by atoms with Crippen LogP contribution in [0.1, 0.15) is 29.6 Å². The topological polar surface area (TPSA) is 55.1 Å². The highest BCUT2D eigenvalue weighted by Crippen LogP contribution is 2.17. The molecule has 98 valence electrons. The van der Waals surface area contributed by atoms with Crippen molar-refractivity contribution >= 4 is 39.0 Å². The normalized spacial score (nSPS) is 10.1. The minimum Gasteiger partial charge on any atom is -0.393 e. The lowest BCUT2D eigenvalue weighted by Gasteiger charge is -2.06. The fraction of sp³-hybridized carbons (Fsp3) is 0.333. The molecular formula is C12H14BrFN2OS. The van der Waals surface area contributed by atoms with E-state index in [0.717, 1.165) is 12.8 Å². The molecule has 0 spiro atoms. The van der Waals surface area contributed by atoms with Gasteiger partial charge in [0.05, 0.1) is 10.6 Å². The SMILES string of the molecule is NC(=S)CCCCNC(=O)c1cc(F)ccc1Br. The molecule has 0 aliphatic rings. The molecule has 3 N–H and O–H groups in total. The van der Waals surface area contributed by atoms with E-state index in [-0.39, 0.29) is 5.91 Å². The molecule has 1 aromatic rings. The summed E-state index contributed by atoms with van der Waals surface area (Å²) >= 11 is 7.96. The maximum Gasteiger partial charge on any atom is 0.252 e. The van der Waals surface area contributed by atoms with Crippen LogP contribution in [0.4, 0.5) is 4.39 Å². The van der Waals surface area contributed by atoms with Crippen molar-refractivity contribution in [3.05, 3.63) is 34.1 Å². The van der Waals surface area contributed by atoms with Crippen molar-refractivity contribution < 1.29 is 9.18 Å². The first kappa shape index (κ1) is 15.0. The second kappa shape index (κ2) is 7.43. The molecule has 1 amide bonds. The van der Waals surface area contributed by atoms with E-state index in [1.165, 1.54) is 18.2 Å². The standard InChI is InChI=1S/C12H14BrFN2OS/c13-10-5-4-8(14)7-9(10)12(17)16-6-2-1-3-11(15)18/h4-5,7H,1-3,6H2,(H2,15,18)(H,16,17). The Hall–Kier alpha value is -1.01. The molecular weight excluding hydrogens is 319 g/mol. The van der Waals surface area contributed by atoms with Crippen molar-refractivity contribution in [2.45, 2.75) is 19.3 Å². The molecule has 0 saturated carbocycles. The number of carbonyl (C=O) groups is 1. The van der Waals surface area contributed by atoms with Crippen LogP contribution < -0.4 is 11.1 Å². The number of benzene rings is 1. The van der Waals surface area contributed by atoms with Crippen molar-refractivity contribution in [1.82, 2.24) is 5.32 Å². The number of hydrogen-bond acceptors (Lipinski definition) is 2. The first-order chi connectivity index (χ1) is 8.50. The lowest BCUT2D eigenvalue weighted by atomic mass is 10.2. The third-order valence-electron chi connectivity index (χ3n) is 2.31. The van der Waals surface area contributed by atoms with E-state index in [0.29, 0.717) is 28.0 Å². The van der Waals surface area contributed by atoms with Gasteiger partial charge in [-0.2, -0.15) is 0 Å². The van der Waals surface area contributed by atoms with Crippen LogP contribution in [0.15, 0.2) is 22.7 Å². The summed E-state index contributed by atoms with van der Waals surface area (Å²) in [5, 5.41) is 2.72. The zero-order chi connectivity index (χ0) is 13.5. The third-order valence-corrected chi connectivity index (χ3v) is 3.20. The summed E-state index contributed by atoms with van der Waals surface area (Å²) in [6, 6.07) is 4.01. The molecule has 0 aliphatic heterocycles. The van der Waals surface area contributed by atoms with Gasteiger partial charge in [0, 0.05) is 11.0 Å². The molecule has 0 aliphatic carbocycles. The second-order valence-electron chi connectivity index (χ2n) is 3.80. The minimum absolute atomic E-state index is 0.295. The molecule has 1 aromatic carbocycles. The Morgan fingerprint density at radius 2 is 2.17 bits per heavy atom. The summed E-state index contributed by atoms with van der Waals surface area (Å²) in [7, 11) is 0. The molecule has 0 unspecified atom stereocenters. The molecule has 1 rings (SSSR count). The van der Waals surface area contributed by atoms with E-state index in [4.69, 9.17) is 18.0 Å². The number of hydrogen-bond donors (Lipinski definition) is 2. The van der Waals surface area contributed by atoms with Crippen LogP contribution in [0.25, 0.3) is 0 Å². The molecule has 6 heteroatoms. The van der Waals surface area contributed by atoms with E-state index in [1.54, 1.807) is 0 Å². The van der Waals surface area contributed by atoms with Crippen molar-refractivity contribution in [2.24, 2.45) is 5.73 Å². The van der Waals surface area contributed by atoms with E-state index < -0.39 is 5.82 Å². The Labute approximate surface area is 119 Å². The third kappa shape index (κ3) is 5.10. The van der Waals surface area contributed by atoms with Gasteiger partial charge in [-0.1, -0.05) is 12.2 Å². The molecule has 0 saturated heterocycles. The Kier molecular flexibility index (Phi) is 6.21. The summed E-state index contributed by atoms with van der Waals surface area (Å²) in [5.41, 5.74) is 5.65. The van der Waals surface area contributed by atoms with E-state index >= 15 is 0 Å². The molecule has 0 atom stereocenters. The zero-order valence-electron chi connectivity index (χ0n) is 9.71. The van der Waals surface area contributed by atoms with Crippen molar-refractivity contribution in [3.63, 3.8) is 0 Å². The first-order valence-electron chi connectivity index (χ1n) is 5.52. The Morgan fingerprint density at radius 1 is 1.44 bits per heavy atom. The molecule has 0 heterocycles. The number of rotatable bonds is 6. The average molecular weight is 333 g/mol. The predicted octanol–water partition coefficient (Wildman–Crippen LogP) is 2.77. The highest BCUT2D eigenvalue weighted by molar-refractivity contribution is 9.10. The lowest BCUT2D eigenvalue weighted by molar-refractivity contribution is 0.0952. The van der Waals surface area contributed by atoms with Crippen LogP contribution in [0.3, 0.4) is 0 Å². The molecule has 0 radical (unpaired) electrons. The molecule has 18 heavy (non-hydrogen) atoms. The smallest absolute Gasteiger partial charge is 0.252 e. The van der Waals surface area contributed by atoms with E-state index in [2.05, 4.69) is 21.2 Å². The Balaban J connectivity index is 2.41. The lowest BCUT2D eigenvalue weighted by Crippen LogP contribution is -2.25. The number of thiocarbonyl (C=S) groups is 1. The van der Waals surface area contributed by atoms with Gasteiger partial charge < -0.3 is 11.1 Å². The van der Waals surface area contributed by atoms with Gasteiger partial charge in [0.1, 0.15) is 5.82 Å². The number of halogens is 2. The maximum absolute atomic E-state index is 13.0. The number of nitrogens with two attached hydrogens (primary N) is 1. The average Bonchev–Trinajstić information content (AvgIpc) is 2.31. The summed E-state index contributed by atoms with van der Waals surface area (Å²) in [6.45, 7) is 0.518. The fourth-order valence-electron chi connectivity index (χ4n) is 1.39. The van der Waals surface area contributed by atoms with Gasteiger partial charge in [-0.05, 0) is 53.4 Å². The van der Waals surface area contributed by atoms with Crippen LogP contribution in [0.5, 0.6) is 0 Å². The molecule has 3 nitrogen and oxygen atoms in total. The van der Waals surface area contributed by atoms with Crippen molar-refractivity contribution in [1.29, 1.82) is 0 Å². The van der Waals surface area contributed by atoms with Gasteiger partial charge in [-0.15, -0.1) is 0 Å². The van der Waals surface area contributed by atoms with Crippen LogP contribution in [0.2, 0.25) is 0 Å². The van der Waals surface area contributed by atoms with Crippen LogP contribution in [-0.4, -0.2) is 17.4 Å². The van der Waals surface area contributed by atoms with Crippen molar-refractivity contribution in [2.75, 3.05) is 6.54 Å². The number of unbranched alkanes of at least 4 members (excludes halogenated alkanes) is 1. The largest absolute Gasteiger partial charge is 0.393 e. The number of nitrogens with one attached hydrogen (secondary N) is 1. The van der Waals surface area contributed by atoms with Crippen LogP contribution in [-0.2, 0) is 0 Å². The maximum atomic E-state index is 13.0. The summed E-state index contributed by atoms with van der Waals surface area (Å²) in [5.74, 6) is -0.728. The molecule has 0 bridgehead atoms. The first-order valence-corrected chi connectivity index (χ1v) is 6.72. The Morgan fingerprint density at radius 3 is 2.83 bits per heavy atom. The van der Waals surface area contributed by atoms with Gasteiger partial charge in [0.2, 0.25) is 0 Å². The molecule has 0 aromatic heterocycles. The molecule has 0 fully saturated rings. The van der Waals surface area contributed by atoms with Gasteiger partial charge in [0.15, 0.2) is 0 Å². The van der Waals surface area contributed by atoms with E-state index in [1.807, 2.05) is 0 Å². The van der Waals surface area contributed by atoms with Crippen molar-refractivity contribution in [3.8, 4) is 0 Å². The summed E-state index contributed by atoms with van der Waals surface area (Å²) in [4.78, 5) is 12.2. The van der Waals surface area contributed by atoms with Crippen LogP contribution >= 0.6 is 28.1 Å². The van der Waals surface area contributed by atoms with Gasteiger partial charge in [-0.3, -0.25) is 4.79 Å². The highest BCUT2D eigenvalue weighted by atomic mass is 79.9. The minimum atomic E-state index is -0.433. The van der Waals surface area contributed by atoms with Gasteiger partial charge in [0.25, 0.3) is 5.91 Å². The highest BCUT2D eigenvalue weighted by Gasteiger charge is 2.10.